The van der Waals surface area contributed by atoms with Crippen LogP contribution in [0.1, 0.15) is 24.3 Å². The number of hydrogen-bond acceptors (Lipinski definition) is 5. The van der Waals surface area contributed by atoms with Crippen LogP contribution in [0.3, 0.4) is 0 Å². The Kier molecular flexibility index (Phi) is 8.68. The minimum Gasteiger partial charge on any atom is -0.410 e. The maximum absolute atomic E-state index is 13.7. The first-order valence-corrected chi connectivity index (χ1v) is 14.1. The van der Waals surface area contributed by atoms with Crippen molar-refractivity contribution in [2.24, 2.45) is 5.92 Å². The summed E-state index contributed by atoms with van der Waals surface area (Å²) in [6.45, 7) is 2.19. The van der Waals surface area contributed by atoms with Gasteiger partial charge in [-0.25, -0.2) is 14.2 Å². The van der Waals surface area contributed by atoms with Crippen LogP contribution in [-0.4, -0.2) is 66.1 Å². The molecule has 2 saturated heterocycles. The number of aromatic nitrogens is 1. The molecule has 2 aromatic carbocycles. The topological polar surface area (TPSA) is 66.0 Å². The number of rotatable bonds is 5. The van der Waals surface area contributed by atoms with Crippen LogP contribution in [0.25, 0.3) is 0 Å². The minimum absolute atomic E-state index is 0.0663. The molecule has 0 radical (unpaired) electrons. The van der Waals surface area contributed by atoms with Gasteiger partial charge in [-0.2, -0.15) is 0 Å². The largest absolute Gasteiger partial charge is 0.415 e. The van der Waals surface area contributed by atoms with E-state index in [-0.39, 0.29) is 29.5 Å². The van der Waals surface area contributed by atoms with Crippen LogP contribution in [0.4, 0.5) is 15.0 Å². The molecule has 7 nitrogen and oxygen atoms in total. The average Bonchev–Trinajstić information content (AvgIpc) is 3.41. The Bertz CT molecular complexity index is 1370. The van der Waals surface area contributed by atoms with Crippen molar-refractivity contribution in [3.63, 3.8) is 0 Å². The highest BCUT2D eigenvalue weighted by Crippen LogP contribution is 2.36. The summed E-state index contributed by atoms with van der Waals surface area (Å²) in [5.74, 6) is 0.385. The molecule has 11 heteroatoms. The van der Waals surface area contributed by atoms with Crippen LogP contribution < -0.4 is 9.64 Å². The Balaban J connectivity index is 1.30. The third-order valence-corrected chi connectivity index (χ3v) is 8.62. The quantitative estimate of drug-likeness (QED) is 0.331. The van der Waals surface area contributed by atoms with Gasteiger partial charge in [0.2, 0.25) is 5.91 Å². The molecule has 210 valence electrons. The zero-order valence-electron chi connectivity index (χ0n) is 21.8. The van der Waals surface area contributed by atoms with E-state index < -0.39 is 11.9 Å². The second-order valence-electron chi connectivity index (χ2n) is 10.1. The van der Waals surface area contributed by atoms with Gasteiger partial charge in [0.15, 0.2) is 0 Å². The highest BCUT2D eigenvalue weighted by molar-refractivity contribution is 6.42. The van der Waals surface area contributed by atoms with Crippen molar-refractivity contribution in [2.75, 3.05) is 38.1 Å². The summed E-state index contributed by atoms with van der Waals surface area (Å²) in [7, 11) is 1.65. The van der Waals surface area contributed by atoms with Crippen LogP contribution in [0, 0.1) is 11.7 Å². The van der Waals surface area contributed by atoms with Crippen LogP contribution in [-0.2, 0) is 4.79 Å². The molecular formula is C29H28Cl3FN4O3. The molecule has 40 heavy (non-hydrogen) atoms. The summed E-state index contributed by atoms with van der Waals surface area (Å²) >= 11 is 18.5. The van der Waals surface area contributed by atoms with Crippen molar-refractivity contribution in [1.29, 1.82) is 0 Å². The predicted octanol–water partition coefficient (Wildman–Crippen LogP) is 6.52. The molecule has 2 atom stereocenters. The number of likely N-dealkylation sites (tertiary alicyclic amines) is 1. The molecule has 2 aliphatic rings. The van der Waals surface area contributed by atoms with E-state index in [1.807, 2.05) is 23.1 Å². The first kappa shape index (κ1) is 28.5. The molecule has 1 aromatic heterocycles. The number of ether oxygens (including phenoxy) is 1. The Hall–Kier alpha value is -3.07. The number of carbonyl (C=O) groups is 2. The van der Waals surface area contributed by atoms with Crippen LogP contribution in [0.5, 0.6) is 5.75 Å². The smallest absolute Gasteiger partial charge is 0.410 e. The molecule has 3 aromatic rings. The third-order valence-electron chi connectivity index (χ3n) is 7.66. The molecule has 2 amide bonds. The molecule has 0 N–H and O–H groups in total. The van der Waals surface area contributed by atoms with Gasteiger partial charge in [0.1, 0.15) is 17.4 Å². The van der Waals surface area contributed by atoms with Gasteiger partial charge in [-0.1, -0.05) is 40.9 Å². The van der Waals surface area contributed by atoms with Crippen LogP contribution >= 0.6 is 34.8 Å². The number of pyridine rings is 1. The highest BCUT2D eigenvalue weighted by Gasteiger charge is 2.42. The fourth-order valence-corrected chi connectivity index (χ4v) is 5.83. The van der Waals surface area contributed by atoms with E-state index in [4.69, 9.17) is 39.5 Å². The molecule has 2 unspecified atom stereocenters. The number of piperidine rings is 1. The lowest BCUT2D eigenvalue weighted by Crippen LogP contribution is -2.45. The number of likely N-dealkylation sites (N-methyl/N-ethyl adjacent to an activating group) is 1. The number of anilines is 1. The van der Waals surface area contributed by atoms with E-state index in [0.29, 0.717) is 54.1 Å². The number of halogens is 4. The van der Waals surface area contributed by atoms with Gasteiger partial charge in [0, 0.05) is 51.3 Å². The predicted molar refractivity (Wildman–Crippen MR) is 154 cm³/mol. The van der Waals surface area contributed by atoms with E-state index in [9.17, 15) is 14.0 Å². The minimum atomic E-state index is -0.597. The highest BCUT2D eigenvalue weighted by atomic mass is 35.5. The lowest BCUT2D eigenvalue weighted by molar-refractivity contribution is -0.135. The van der Waals surface area contributed by atoms with Crippen molar-refractivity contribution >= 4 is 52.6 Å². The molecule has 5 rings (SSSR count). The van der Waals surface area contributed by atoms with Gasteiger partial charge in [0.25, 0.3) is 0 Å². The maximum atomic E-state index is 13.7. The normalized spacial score (nSPS) is 19.5. The second-order valence-corrected chi connectivity index (χ2v) is 11.4. The van der Waals surface area contributed by atoms with Gasteiger partial charge in [0.05, 0.1) is 21.1 Å². The Morgan fingerprint density at radius 3 is 2.35 bits per heavy atom. The lowest BCUT2D eigenvalue weighted by atomic mass is 9.93. The SMILES string of the molecule is CN(C(=O)Oc1ccc(F)cc1)C1CN(C(=O)C2CCN(c3ccc(Cl)cn3)CC2)CC1c1ccc(Cl)c(Cl)c1. The summed E-state index contributed by atoms with van der Waals surface area (Å²) in [6, 6.07) is 14.0. The molecule has 3 heterocycles. The summed E-state index contributed by atoms with van der Waals surface area (Å²) in [6.07, 6.45) is 2.42. The Morgan fingerprint density at radius 1 is 0.975 bits per heavy atom. The van der Waals surface area contributed by atoms with Gasteiger partial charge >= 0.3 is 6.09 Å². The van der Waals surface area contributed by atoms with Gasteiger partial charge in [-0.05, 0) is 66.9 Å². The molecule has 0 bridgehead atoms. The van der Waals surface area contributed by atoms with Crippen molar-refractivity contribution in [2.45, 2.75) is 24.8 Å². The van der Waals surface area contributed by atoms with Gasteiger partial charge in [-0.15, -0.1) is 0 Å². The zero-order valence-corrected chi connectivity index (χ0v) is 24.0. The van der Waals surface area contributed by atoms with Gasteiger partial charge in [-0.3, -0.25) is 4.79 Å². The average molecular weight is 606 g/mol. The first-order chi connectivity index (χ1) is 19.2. The standard InChI is InChI=1S/C29H28Cl3FN4O3/c1-35(29(39)40-22-6-4-21(33)5-7-22)26-17-37(16-23(26)19-2-8-24(31)25(32)14-19)28(38)18-10-12-36(13-11-18)27-9-3-20(30)15-34-27/h2-9,14-15,18,23,26H,10-13,16-17H2,1H3. The van der Waals surface area contributed by atoms with Crippen molar-refractivity contribution < 1.29 is 18.7 Å². The molecule has 0 spiro atoms. The fraction of sp³-hybridized carbons (Fsp3) is 0.345. The van der Waals surface area contributed by atoms with E-state index in [1.54, 1.807) is 25.4 Å². The molecule has 0 saturated carbocycles. The monoisotopic (exact) mass is 604 g/mol. The summed E-state index contributed by atoms with van der Waals surface area (Å²) < 4.78 is 18.8. The van der Waals surface area contributed by atoms with Crippen molar-refractivity contribution in [3.05, 3.63) is 87.2 Å². The van der Waals surface area contributed by atoms with Crippen molar-refractivity contribution in [3.8, 4) is 5.75 Å². The summed E-state index contributed by atoms with van der Waals surface area (Å²) in [4.78, 5) is 36.7. The Morgan fingerprint density at radius 2 is 1.70 bits per heavy atom. The number of hydrogen-bond donors (Lipinski definition) is 0. The first-order valence-electron chi connectivity index (χ1n) is 13.0. The zero-order chi connectivity index (χ0) is 28.4. The number of amides is 2. The van der Waals surface area contributed by atoms with Gasteiger partial charge < -0.3 is 19.4 Å². The molecule has 2 fully saturated rings. The number of carbonyl (C=O) groups excluding carboxylic acids is 2. The van der Waals surface area contributed by atoms with E-state index in [0.717, 1.165) is 11.4 Å². The fourth-order valence-electron chi connectivity index (χ4n) is 5.41. The van der Waals surface area contributed by atoms with Crippen LogP contribution in [0.15, 0.2) is 60.8 Å². The van der Waals surface area contributed by atoms with Crippen LogP contribution in [0.2, 0.25) is 15.1 Å². The lowest BCUT2D eigenvalue weighted by Gasteiger charge is -2.34. The van der Waals surface area contributed by atoms with Crippen molar-refractivity contribution in [1.82, 2.24) is 14.8 Å². The summed E-state index contributed by atoms with van der Waals surface area (Å²) in [5.41, 5.74) is 0.875. The number of nitrogens with zero attached hydrogens (tertiary/aromatic N) is 4. The maximum Gasteiger partial charge on any atom is 0.415 e. The second kappa shape index (κ2) is 12.2. The molecular weight excluding hydrogens is 578 g/mol. The molecule has 0 aliphatic carbocycles. The van der Waals surface area contributed by atoms with E-state index >= 15 is 0 Å². The third kappa shape index (κ3) is 6.29. The van der Waals surface area contributed by atoms with E-state index in [1.165, 1.54) is 29.2 Å². The Labute approximate surface area is 247 Å². The summed E-state index contributed by atoms with van der Waals surface area (Å²) in [5, 5.41) is 1.42. The molecule has 2 aliphatic heterocycles. The van der Waals surface area contributed by atoms with E-state index in [2.05, 4.69) is 9.88 Å². The number of benzene rings is 2.